The summed E-state index contributed by atoms with van der Waals surface area (Å²) in [5, 5.41) is 2.93. The summed E-state index contributed by atoms with van der Waals surface area (Å²) >= 11 is 0. The number of carbonyl (C=O) groups is 1. The number of rotatable bonds is 2. The molecule has 2 heterocycles. The van der Waals surface area contributed by atoms with Crippen molar-refractivity contribution in [2.45, 2.75) is 45.3 Å². The van der Waals surface area contributed by atoms with Crippen molar-refractivity contribution in [1.29, 1.82) is 0 Å². The fourth-order valence-corrected chi connectivity index (χ4v) is 2.72. The number of hydrogen-bond donors (Lipinski definition) is 2. The lowest BCUT2D eigenvalue weighted by atomic mass is 10.1. The van der Waals surface area contributed by atoms with E-state index in [1.54, 1.807) is 6.20 Å². The number of nitrogens with zero attached hydrogens (tertiary/aromatic N) is 1. The first-order chi connectivity index (χ1) is 10.4. The van der Waals surface area contributed by atoms with Crippen LogP contribution >= 0.6 is 0 Å². The molecule has 0 aliphatic heterocycles. The summed E-state index contributed by atoms with van der Waals surface area (Å²) in [7, 11) is 0. The fourth-order valence-electron chi connectivity index (χ4n) is 2.72. The lowest BCUT2D eigenvalue weighted by Crippen LogP contribution is -2.38. The van der Waals surface area contributed by atoms with Gasteiger partial charge in [0.15, 0.2) is 0 Å². The Balaban J connectivity index is 1.66. The van der Waals surface area contributed by atoms with E-state index in [1.165, 1.54) is 5.57 Å². The van der Waals surface area contributed by atoms with E-state index in [0.29, 0.717) is 0 Å². The third kappa shape index (κ3) is 3.13. The van der Waals surface area contributed by atoms with Crippen molar-refractivity contribution in [3.8, 4) is 0 Å². The van der Waals surface area contributed by atoms with Crippen molar-refractivity contribution in [2.24, 2.45) is 0 Å². The van der Waals surface area contributed by atoms with E-state index >= 15 is 0 Å². The van der Waals surface area contributed by atoms with E-state index in [9.17, 15) is 4.79 Å². The number of hydrogen-bond acceptors (Lipinski definition) is 3. The Morgan fingerprint density at radius 2 is 2.27 bits per heavy atom. The highest BCUT2D eigenvalue weighted by molar-refractivity contribution is 5.90. The van der Waals surface area contributed by atoms with Gasteiger partial charge in [-0.05, 0) is 51.3 Å². The van der Waals surface area contributed by atoms with Gasteiger partial charge in [0.05, 0.1) is 11.0 Å². The minimum absolute atomic E-state index is 0.0820. The predicted molar refractivity (Wildman–Crippen MR) is 86.5 cm³/mol. The molecule has 2 aromatic rings. The molecule has 3 rings (SSSR count). The summed E-state index contributed by atoms with van der Waals surface area (Å²) in [6.07, 6.45) is 7.20. The van der Waals surface area contributed by atoms with Crippen LogP contribution in [0.4, 0.5) is 4.79 Å². The minimum atomic E-state index is -0.473. The molecule has 0 fully saturated rings. The van der Waals surface area contributed by atoms with Crippen LogP contribution in [0.5, 0.6) is 0 Å². The van der Waals surface area contributed by atoms with Crippen LogP contribution in [0.3, 0.4) is 0 Å². The molecule has 22 heavy (non-hydrogen) atoms. The van der Waals surface area contributed by atoms with Crippen molar-refractivity contribution < 1.29 is 9.53 Å². The number of H-pyrrole nitrogens is 1. The van der Waals surface area contributed by atoms with E-state index in [1.807, 2.05) is 39.1 Å². The molecular formula is C17H21N3O2. The van der Waals surface area contributed by atoms with Gasteiger partial charge in [0, 0.05) is 24.0 Å². The Morgan fingerprint density at radius 1 is 1.45 bits per heavy atom. The van der Waals surface area contributed by atoms with E-state index in [2.05, 4.69) is 21.4 Å². The van der Waals surface area contributed by atoms with Gasteiger partial charge in [-0.25, -0.2) is 4.79 Å². The molecule has 5 heteroatoms. The third-order valence-corrected chi connectivity index (χ3v) is 3.62. The van der Waals surface area contributed by atoms with Crippen LogP contribution in [0, 0.1) is 0 Å². The summed E-state index contributed by atoms with van der Waals surface area (Å²) in [6, 6.07) is 4.01. The van der Waals surface area contributed by atoms with Crippen molar-refractivity contribution in [3.63, 3.8) is 0 Å². The number of amides is 1. The summed E-state index contributed by atoms with van der Waals surface area (Å²) < 4.78 is 5.30. The molecule has 0 spiro atoms. The highest BCUT2D eigenvalue weighted by atomic mass is 16.6. The topological polar surface area (TPSA) is 67.0 Å². The second kappa shape index (κ2) is 5.48. The number of aromatic amines is 1. The Kier molecular flexibility index (Phi) is 3.64. The van der Waals surface area contributed by atoms with Crippen molar-refractivity contribution in [1.82, 2.24) is 15.3 Å². The average Bonchev–Trinajstić information content (AvgIpc) is 3.02. The zero-order valence-electron chi connectivity index (χ0n) is 13.1. The van der Waals surface area contributed by atoms with Gasteiger partial charge in [-0.2, -0.15) is 0 Å². The number of ether oxygens (including phenoxy) is 1. The van der Waals surface area contributed by atoms with E-state index in [4.69, 9.17) is 4.74 Å². The van der Waals surface area contributed by atoms with Crippen LogP contribution < -0.4 is 5.32 Å². The SMILES string of the molecule is CC(C)(C)OC(=O)NC1CC=C(c2c[nH]c3cccnc23)C1. The van der Waals surface area contributed by atoms with E-state index in [-0.39, 0.29) is 12.1 Å². The van der Waals surface area contributed by atoms with Gasteiger partial charge >= 0.3 is 6.09 Å². The van der Waals surface area contributed by atoms with Gasteiger partial charge in [0.2, 0.25) is 0 Å². The predicted octanol–water partition coefficient (Wildman–Crippen LogP) is 3.63. The Hall–Kier alpha value is -2.30. The maximum absolute atomic E-state index is 11.8. The number of pyridine rings is 1. The lowest BCUT2D eigenvalue weighted by molar-refractivity contribution is 0.0507. The molecule has 0 bridgehead atoms. The summed E-state index contributed by atoms with van der Waals surface area (Å²) in [4.78, 5) is 19.5. The van der Waals surface area contributed by atoms with E-state index < -0.39 is 5.60 Å². The lowest BCUT2D eigenvalue weighted by Gasteiger charge is -2.21. The Morgan fingerprint density at radius 3 is 3.05 bits per heavy atom. The standard InChI is InChI=1S/C17H21N3O2/c1-17(2,3)22-16(21)20-12-7-6-11(9-12)13-10-19-14-5-4-8-18-15(13)14/h4-6,8,10,12,19H,7,9H2,1-3H3,(H,20,21). The number of fused-ring (bicyclic) bond motifs is 1. The number of carbonyl (C=O) groups excluding carboxylic acids is 1. The second-order valence-corrected chi connectivity index (χ2v) is 6.61. The molecule has 2 aromatic heterocycles. The molecule has 1 aliphatic carbocycles. The van der Waals surface area contributed by atoms with Crippen LogP contribution in [0.15, 0.2) is 30.6 Å². The zero-order chi connectivity index (χ0) is 15.7. The van der Waals surface area contributed by atoms with Crippen LogP contribution in [0.1, 0.15) is 39.2 Å². The molecule has 0 saturated heterocycles. The summed E-state index contributed by atoms with van der Waals surface area (Å²) in [5.41, 5.74) is 3.86. The fraction of sp³-hybridized carbons (Fsp3) is 0.412. The molecule has 2 N–H and O–H groups in total. The Bertz CT molecular complexity index is 725. The van der Waals surface area contributed by atoms with Gasteiger partial charge in [0.25, 0.3) is 0 Å². The molecule has 5 nitrogen and oxygen atoms in total. The first kappa shape index (κ1) is 14.6. The quantitative estimate of drug-likeness (QED) is 0.889. The Labute approximate surface area is 129 Å². The second-order valence-electron chi connectivity index (χ2n) is 6.61. The van der Waals surface area contributed by atoms with E-state index in [0.717, 1.165) is 29.4 Å². The molecule has 1 amide bonds. The smallest absolute Gasteiger partial charge is 0.407 e. The first-order valence-corrected chi connectivity index (χ1v) is 7.53. The third-order valence-electron chi connectivity index (χ3n) is 3.62. The number of aromatic nitrogens is 2. The van der Waals surface area contributed by atoms with Gasteiger partial charge < -0.3 is 15.0 Å². The highest BCUT2D eigenvalue weighted by Gasteiger charge is 2.24. The highest BCUT2D eigenvalue weighted by Crippen LogP contribution is 2.32. The number of nitrogens with one attached hydrogen (secondary N) is 2. The van der Waals surface area contributed by atoms with Gasteiger partial charge in [-0.15, -0.1) is 0 Å². The van der Waals surface area contributed by atoms with Crippen molar-refractivity contribution in [3.05, 3.63) is 36.2 Å². The zero-order valence-corrected chi connectivity index (χ0v) is 13.1. The van der Waals surface area contributed by atoms with Crippen LogP contribution in [0.25, 0.3) is 16.6 Å². The molecule has 1 aliphatic rings. The summed E-state index contributed by atoms with van der Waals surface area (Å²) in [5.74, 6) is 0. The first-order valence-electron chi connectivity index (χ1n) is 7.53. The largest absolute Gasteiger partial charge is 0.444 e. The molecule has 0 saturated carbocycles. The van der Waals surface area contributed by atoms with Crippen LogP contribution in [-0.2, 0) is 4.74 Å². The molecule has 1 unspecified atom stereocenters. The molecule has 1 atom stereocenters. The maximum Gasteiger partial charge on any atom is 0.407 e. The monoisotopic (exact) mass is 299 g/mol. The number of alkyl carbamates (subject to hydrolysis) is 1. The van der Waals surface area contributed by atoms with Crippen LogP contribution in [0.2, 0.25) is 0 Å². The minimum Gasteiger partial charge on any atom is -0.444 e. The average molecular weight is 299 g/mol. The van der Waals surface area contributed by atoms with Gasteiger partial charge in [-0.3, -0.25) is 4.98 Å². The van der Waals surface area contributed by atoms with Gasteiger partial charge in [0.1, 0.15) is 5.60 Å². The summed E-state index contributed by atoms with van der Waals surface area (Å²) in [6.45, 7) is 5.59. The van der Waals surface area contributed by atoms with Crippen molar-refractivity contribution in [2.75, 3.05) is 0 Å². The van der Waals surface area contributed by atoms with Gasteiger partial charge in [-0.1, -0.05) is 6.08 Å². The normalized spacial score (nSPS) is 18.3. The molecule has 116 valence electrons. The maximum atomic E-state index is 11.8. The van der Waals surface area contributed by atoms with Crippen LogP contribution in [-0.4, -0.2) is 27.7 Å². The molecule has 0 aromatic carbocycles. The van der Waals surface area contributed by atoms with Crippen molar-refractivity contribution >= 4 is 22.7 Å². The molecular weight excluding hydrogens is 278 g/mol. The molecule has 0 radical (unpaired) electrons.